The Morgan fingerprint density at radius 2 is 2.35 bits per heavy atom. The van der Waals surface area contributed by atoms with Crippen molar-refractivity contribution in [2.45, 2.75) is 24.5 Å². The first-order valence-corrected chi connectivity index (χ1v) is 7.86. The molecule has 17 heavy (non-hydrogen) atoms. The molecule has 2 heterocycles. The molecular formula is C12H16BrNO2S. The van der Waals surface area contributed by atoms with Gasteiger partial charge in [0.2, 0.25) is 0 Å². The summed E-state index contributed by atoms with van der Waals surface area (Å²) in [4.78, 5) is 14.1. The second-order valence-corrected chi connectivity index (χ2v) is 6.13. The highest BCUT2D eigenvalue weighted by atomic mass is 79.9. The van der Waals surface area contributed by atoms with Crippen molar-refractivity contribution in [3.05, 3.63) is 22.6 Å². The lowest BCUT2D eigenvalue weighted by atomic mass is 10.2. The molecule has 0 N–H and O–H groups in total. The fourth-order valence-electron chi connectivity index (χ4n) is 2.06. The van der Waals surface area contributed by atoms with Gasteiger partial charge in [-0.05, 0) is 47.2 Å². The van der Waals surface area contributed by atoms with Crippen LogP contribution in [0, 0.1) is 0 Å². The first-order chi connectivity index (χ1) is 8.20. The average Bonchev–Trinajstić information content (AvgIpc) is 2.64. The molecule has 0 saturated carbocycles. The van der Waals surface area contributed by atoms with Gasteiger partial charge in [-0.25, -0.2) is 0 Å². The largest absolute Gasteiger partial charge is 0.444 e. The van der Waals surface area contributed by atoms with Crippen LogP contribution in [-0.2, 0) is 0 Å². The zero-order chi connectivity index (χ0) is 12.3. The van der Waals surface area contributed by atoms with Crippen LogP contribution in [-0.4, -0.2) is 35.4 Å². The Morgan fingerprint density at radius 3 is 3.00 bits per heavy atom. The fourth-order valence-corrected chi connectivity index (χ4v) is 3.10. The molecule has 0 spiro atoms. The minimum Gasteiger partial charge on any atom is -0.444 e. The van der Waals surface area contributed by atoms with E-state index in [1.54, 1.807) is 12.1 Å². The molecule has 1 atom stereocenters. The molecule has 0 aliphatic carbocycles. The molecule has 0 unspecified atom stereocenters. The van der Waals surface area contributed by atoms with E-state index < -0.39 is 0 Å². The van der Waals surface area contributed by atoms with Gasteiger partial charge in [-0.1, -0.05) is 6.42 Å². The lowest BCUT2D eigenvalue weighted by Gasteiger charge is -2.22. The number of halogens is 1. The summed E-state index contributed by atoms with van der Waals surface area (Å²) in [5, 5.41) is 0.555. The van der Waals surface area contributed by atoms with Gasteiger partial charge in [0.25, 0.3) is 5.91 Å². The maximum Gasteiger partial charge on any atom is 0.289 e. The predicted octanol–water partition coefficient (Wildman–Crippen LogP) is 3.40. The van der Waals surface area contributed by atoms with Crippen LogP contribution in [0.25, 0.3) is 0 Å². The summed E-state index contributed by atoms with van der Waals surface area (Å²) in [6.45, 7) is 1.67. The molecule has 2 rings (SSSR count). The van der Waals surface area contributed by atoms with Gasteiger partial charge < -0.3 is 9.32 Å². The Bertz CT molecular complexity index is 394. The van der Waals surface area contributed by atoms with Gasteiger partial charge in [0, 0.05) is 18.3 Å². The van der Waals surface area contributed by atoms with Crippen molar-refractivity contribution < 1.29 is 9.21 Å². The van der Waals surface area contributed by atoms with Gasteiger partial charge in [-0.15, -0.1) is 0 Å². The number of carbonyl (C=O) groups excluding carboxylic acids is 1. The lowest BCUT2D eigenvalue weighted by Crippen LogP contribution is -2.35. The van der Waals surface area contributed by atoms with E-state index in [1.807, 2.05) is 16.7 Å². The van der Waals surface area contributed by atoms with E-state index in [4.69, 9.17) is 4.42 Å². The van der Waals surface area contributed by atoms with Gasteiger partial charge in [-0.2, -0.15) is 11.8 Å². The second-order valence-electron chi connectivity index (χ2n) is 4.21. The fraction of sp³-hybridized carbons (Fsp3) is 0.583. The van der Waals surface area contributed by atoms with E-state index in [1.165, 1.54) is 12.8 Å². The maximum absolute atomic E-state index is 12.2. The summed E-state index contributed by atoms with van der Waals surface area (Å²) in [6, 6.07) is 3.49. The van der Waals surface area contributed by atoms with Gasteiger partial charge in [0.15, 0.2) is 10.4 Å². The number of thioether (sulfide) groups is 1. The first-order valence-electron chi connectivity index (χ1n) is 5.78. The molecule has 3 nitrogen and oxygen atoms in total. The minimum absolute atomic E-state index is 0.0108. The van der Waals surface area contributed by atoms with Gasteiger partial charge in [0.1, 0.15) is 0 Å². The predicted molar refractivity (Wildman–Crippen MR) is 73.5 cm³/mol. The number of rotatable bonds is 2. The summed E-state index contributed by atoms with van der Waals surface area (Å²) in [5.74, 6) is 0.440. The van der Waals surface area contributed by atoms with Crippen LogP contribution in [0.15, 0.2) is 21.2 Å². The van der Waals surface area contributed by atoms with Crippen molar-refractivity contribution in [1.29, 1.82) is 0 Å². The quantitative estimate of drug-likeness (QED) is 0.838. The number of nitrogens with zero attached hydrogens (tertiary/aromatic N) is 1. The van der Waals surface area contributed by atoms with Crippen LogP contribution in [0.3, 0.4) is 0 Å². The van der Waals surface area contributed by atoms with Crippen molar-refractivity contribution in [1.82, 2.24) is 4.90 Å². The summed E-state index contributed by atoms with van der Waals surface area (Å²) < 4.78 is 5.94. The van der Waals surface area contributed by atoms with Crippen molar-refractivity contribution in [3.8, 4) is 0 Å². The Balaban J connectivity index is 2.07. The van der Waals surface area contributed by atoms with Crippen LogP contribution >= 0.6 is 27.7 Å². The molecule has 1 aliphatic heterocycles. The third-order valence-corrected chi connectivity index (χ3v) is 4.51. The third kappa shape index (κ3) is 3.28. The molecule has 1 aliphatic rings. The van der Waals surface area contributed by atoms with E-state index in [0.717, 1.165) is 19.5 Å². The topological polar surface area (TPSA) is 33.5 Å². The van der Waals surface area contributed by atoms with Crippen LogP contribution in [0.2, 0.25) is 0 Å². The number of hydrogen-bond acceptors (Lipinski definition) is 3. The second kappa shape index (κ2) is 5.96. The van der Waals surface area contributed by atoms with E-state index in [9.17, 15) is 4.79 Å². The van der Waals surface area contributed by atoms with Crippen LogP contribution in [0.5, 0.6) is 0 Å². The van der Waals surface area contributed by atoms with Gasteiger partial charge in [-0.3, -0.25) is 4.79 Å². The molecule has 0 bridgehead atoms. The zero-order valence-corrected chi connectivity index (χ0v) is 12.2. The molecule has 0 radical (unpaired) electrons. The monoisotopic (exact) mass is 317 g/mol. The smallest absolute Gasteiger partial charge is 0.289 e. The zero-order valence-electron chi connectivity index (χ0n) is 9.82. The van der Waals surface area contributed by atoms with Gasteiger partial charge >= 0.3 is 0 Å². The van der Waals surface area contributed by atoms with Crippen LogP contribution in [0.4, 0.5) is 0 Å². The molecule has 1 amide bonds. The van der Waals surface area contributed by atoms with E-state index in [0.29, 0.717) is 15.7 Å². The highest BCUT2D eigenvalue weighted by Gasteiger charge is 2.24. The summed E-state index contributed by atoms with van der Waals surface area (Å²) in [5.41, 5.74) is 0. The normalized spacial score (nSPS) is 21.3. The summed E-state index contributed by atoms with van der Waals surface area (Å²) >= 11 is 5.07. The molecule has 1 saturated heterocycles. The first kappa shape index (κ1) is 13.0. The highest BCUT2D eigenvalue weighted by molar-refractivity contribution is 9.10. The summed E-state index contributed by atoms with van der Waals surface area (Å²) in [6.07, 6.45) is 5.61. The number of hydrogen-bond donors (Lipinski definition) is 0. The van der Waals surface area contributed by atoms with Gasteiger partial charge in [0.05, 0.1) is 0 Å². The molecule has 5 heteroatoms. The van der Waals surface area contributed by atoms with Crippen molar-refractivity contribution in [2.24, 2.45) is 0 Å². The Hall–Kier alpha value is -0.420. The van der Waals surface area contributed by atoms with Crippen LogP contribution in [0.1, 0.15) is 29.8 Å². The average molecular weight is 318 g/mol. The molecule has 1 aromatic rings. The van der Waals surface area contributed by atoms with Crippen molar-refractivity contribution >= 4 is 33.6 Å². The number of amides is 1. The third-order valence-electron chi connectivity index (χ3n) is 3.03. The molecule has 1 aromatic heterocycles. The van der Waals surface area contributed by atoms with Crippen LogP contribution < -0.4 is 0 Å². The Kier molecular flexibility index (Phi) is 4.56. The molecular weight excluding hydrogens is 302 g/mol. The standard InChI is InChI=1S/C12H16BrNO2S/c1-17-9-4-2-3-7-14(8-9)12(15)10-5-6-11(13)16-10/h5-6,9H,2-4,7-8H2,1H3/t9-/m1/s1. The van der Waals surface area contributed by atoms with E-state index in [2.05, 4.69) is 22.2 Å². The molecule has 0 aromatic carbocycles. The minimum atomic E-state index is 0.0108. The van der Waals surface area contributed by atoms with E-state index in [-0.39, 0.29) is 5.91 Å². The van der Waals surface area contributed by atoms with Crippen molar-refractivity contribution in [3.63, 3.8) is 0 Å². The molecule has 1 fully saturated rings. The number of carbonyl (C=O) groups is 1. The number of furan rings is 1. The highest BCUT2D eigenvalue weighted by Crippen LogP contribution is 2.22. The summed E-state index contributed by atoms with van der Waals surface area (Å²) in [7, 11) is 0. The number of likely N-dealkylation sites (tertiary alicyclic amines) is 1. The maximum atomic E-state index is 12.2. The Morgan fingerprint density at radius 1 is 1.53 bits per heavy atom. The lowest BCUT2D eigenvalue weighted by molar-refractivity contribution is 0.0730. The van der Waals surface area contributed by atoms with Crippen molar-refractivity contribution in [2.75, 3.05) is 19.3 Å². The van der Waals surface area contributed by atoms with E-state index >= 15 is 0 Å². The SMILES string of the molecule is CS[C@@H]1CCCCN(C(=O)c2ccc(Br)o2)C1. The molecule has 94 valence electrons. The Labute approximate surface area is 114 Å².